The summed E-state index contributed by atoms with van der Waals surface area (Å²) in [6.07, 6.45) is 1.10. The van der Waals surface area contributed by atoms with E-state index in [-0.39, 0.29) is 38.1 Å². The lowest BCUT2D eigenvalue weighted by molar-refractivity contribution is -0.139. The van der Waals surface area contributed by atoms with E-state index in [9.17, 15) is 14.4 Å². The van der Waals surface area contributed by atoms with Crippen molar-refractivity contribution in [1.29, 1.82) is 0 Å². The van der Waals surface area contributed by atoms with Gasteiger partial charge in [0.05, 0.1) is 19.5 Å². The van der Waals surface area contributed by atoms with Gasteiger partial charge in [0.25, 0.3) is 0 Å². The van der Waals surface area contributed by atoms with Crippen molar-refractivity contribution in [2.45, 2.75) is 25.3 Å². The summed E-state index contributed by atoms with van der Waals surface area (Å²) in [4.78, 5) is 36.7. The summed E-state index contributed by atoms with van der Waals surface area (Å²) in [5.41, 5.74) is 0. The predicted octanol–water partition coefficient (Wildman–Crippen LogP) is -0.0957. The molecule has 2 aliphatic heterocycles. The van der Waals surface area contributed by atoms with E-state index in [1.54, 1.807) is 0 Å². The highest BCUT2D eigenvalue weighted by atomic mass is 16.6. The van der Waals surface area contributed by atoms with E-state index in [0.717, 1.165) is 17.7 Å². The van der Waals surface area contributed by atoms with Crippen molar-refractivity contribution in [3.63, 3.8) is 0 Å². The number of carbonyl (C=O) groups is 3. The molecule has 0 aromatic carbocycles. The summed E-state index contributed by atoms with van der Waals surface area (Å²) in [6, 6.07) is -0.106. The lowest BCUT2D eigenvalue weighted by Gasteiger charge is -2.23. The van der Waals surface area contributed by atoms with Crippen molar-refractivity contribution in [3.8, 4) is 0 Å². The number of aliphatic carboxylic acids is 1. The highest BCUT2D eigenvalue weighted by molar-refractivity contribution is 5.94. The first-order valence-electron chi connectivity index (χ1n) is 6.01. The molecular formula is C11H16N2O5. The summed E-state index contributed by atoms with van der Waals surface area (Å²) in [5.74, 6) is -1.17. The van der Waals surface area contributed by atoms with Crippen molar-refractivity contribution in [1.82, 2.24) is 9.80 Å². The monoisotopic (exact) mass is 256 g/mol. The molecule has 18 heavy (non-hydrogen) atoms. The SMILES string of the molecule is O=C(O)CC1CCCN1CC(=O)N1CCOC1=O. The van der Waals surface area contributed by atoms with Crippen LogP contribution in [0.15, 0.2) is 0 Å². The van der Waals surface area contributed by atoms with Crippen molar-refractivity contribution in [3.05, 3.63) is 0 Å². The molecule has 0 saturated carbocycles. The fourth-order valence-electron chi connectivity index (χ4n) is 2.42. The number of hydrogen-bond donors (Lipinski definition) is 1. The van der Waals surface area contributed by atoms with Crippen LogP contribution in [0.5, 0.6) is 0 Å². The number of carbonyl (C=O) groups excluding carboxylic acids is 2. The van der Waals surface area contributed by atoms with Gasteiger partial charge < -0.3 is 9.84 Å². The average Bonchev–Trinajstić information content (AvgIpc) is 2.88. The fourth-order valence-corrected chi connectivity index (χ4v) is 2.42. The highest BCUT2D eigenvalue weighted by Gasteiger charge is 2.33. The molecule has 2 aliphatic rings. The minimum atomic E-state index is -0.861. The van der Waals surface area contributed by atoms with Gasteiger partial charge in [-0.25, -0.2) is 9.69 Å². The Morgan fingerprint density at radius 1 is 1.39 bits per heavy atom. The van der Waals surface area contributed by atoms with Crippen LogP contribution in [0.1, 0.15) is 19.3 Å². The summed E-state index contributed by atoms with van der Waals surface area (Å²) in [5, 5.41) is 8.78. The minimum Gasteiger partial charge on any atom is -0.481 e. The molecule has 1 unspecified atom stereocenters. The Balaban J connectivity index is 1.89. The Bertz CT molecular complexity index is 370. The Morgan fingerprint density at radius 2 is 2.17 bits per heavy atom. The number of cyclic esters (lactones) is 1. The molecule has 0 bridgehead atoms. The van der Waals surface area contributed by atoms with E-state index >= 15 is 0 Å². The summed E-state index contributed by atoms with van der Waals surface area (Å²) >= 11 is 0. The van der Waals surface area contributed by atoms with Gasteiger partial charge in [-0.3, -0.25) is 14.5 Å². The molecule has 0 aromatic heterocycles. The second-order valence-electron chi connectivity index (χ2n) is 4.52. The predicted molar refractivity (Wildman–Crippen MR) is 59.9 cm³/mol. The van der Waals surface area contributed by atoms with Gasteiger partial charge in [-0.1, -0.05) is 0 Å². The molecule has 0 aliphatic carbocycles. The van der Waals surface area contributed by atoms with Crippen LogP contribution < -0.4 is 0 Å². The van der Waals surface area contributed by atoms with Gasteiger partial charge in [0, 0.05) is 6.04 Å². The maximum atomic E-state index is 11.9. The zero-order valence-corrected chi connectivity index (χ0v) is 10.0. The molecule has 0 aromatic rings. The van der Waals surface area contributed by atoms with Gasteiger partial charge in [-0.05, 0) is 19.4 Å². The van der Waals surface area contributed by atoms with Crippen LogP contribution in [0, 0.1) is 0 Å². The lowest BCUT2D eigenvalue weighted by Crippen LogP contribution is -2.43. The molecule has 1 N–H and O–H groups in total. The first-order chi connectivity index (χ1) is 8.58. The molecule has 2 saturated heterocycles. The van der Waals surface area contributed by atoms with Crippen LogP contribution in [-0.2, 0) is 14.3 Å². The van der Waals surface area contributed by atoms with Gasteiger partial charge in [0.1, 0.15) is 6.61 Å². The zero-order chi connectivity index (χ0) is 13.1. The number of nitrogens with zero attached hydrogens (tertiary/aromatic N) is 2. The topological polar surface area (TPSA) is 87.2 Å². The lowest BCUT2D eigenvalue weighted by atomic mass is 10.1. The van der Waals surface area contributed by atoms with Crippen LogP contribution in [0.4, 0.5) is 4.79 Å². The van der Waals surface area contributed by atoms with Crippen LogP contribution in [0.2, 0.25) is 0 Å². The van der Waals surface area contributed by atoms with Crippen molar-refractivity contribution < 1.29 is 24.2 Å². The molecule has 2 fully saturated rings. The third kappa shape index (κ3) is 2.79. The minimum absolute atomic E-state index is 0.0394. The highest BCUT2D eigenvalue weighted by Crippen LogP contribution is 2.20. The van der Waals surface area contributed by atoms with Crippen molar-refractivity contribution in [2.75, 3.05) is 26.2 Å². The molecule has 2 heterocycles. The molecule has 2 amide bonds. The molecule has 0 spiro atoms. The number of carboxylic acid groups (broad SMARTS) is 1. The van der Waals surface area contributed by atoms with Gasteiger partial charge in [0.15, 0.2) is 0 Å². The number of likely N-dealkylation sites (tertiary alicyclic amines) is 1. The van der Waals surface area contributed by atoms with Crippen molar-refractivity contribution in [2.24, 2.45) is 0 Å². The normalized spacial score (nSPS) is 24.3. The standard InChI is InChI=1S/C11H16N2O5/c14-9(13-4-5-18-11(13)17)7-12-3-1-2-8(12)6-10(15)16/h8H,1-7H2,(H,15,16). The third-order valence-electron chi connectivity index (χ3n) is 3.31. The number of carboxylic acids is 1. The molecule has 2 rings (SSSR count). The van der Waals surface area contributed by atoms with E-state index < -0.39 is 12.1 Å². The molecule has 7 heteroatoms. The van der Waals surface area contributed by atoms with E-state index in [4.69, 9.17) is 9.84 Å². The quantitative estimate of drug-likeness (QED) is 0.756. The first kappa shape index (κ1) is 12.8. The number of rotatable bonds is 4. The van der Waals surface area contributed by atoms with Crippen molar-refractivity contribution >= 4 is 18.0 Å². The zero-order valence-electron chi connectivity index (χ0n) is 10.0. The molecule has 100 valence electrons. The van der Waals surface area contributed by atoms with Gasteiger partial charge >= 0.3 is 12.1 Å². The number of amides is 2. The molecular weight excluding hydrogens is 240 g/mol. The molecule has 1 atom stereocenters. The van der Waals surface area contributed by atoms with Crippen LogP contribution in [0.3, 0.4) is 0 Å². The maximum absolute atomic E-state index is 11.9. The van der Waals surface area contributed by atoms with E-state index in [2.05, 4.69) is 0 Å². The third-order valence-corrected chi connectivity index (χ3v) is 3.31. The second kappa shape index (κ2) is 5.34. The smallest absolute Gasteiger partial charge is 0.416 e. The number of imide groups is 1. The first-order valence-corrected chi connectivity index (χ1v) is 6.01. The summed E-state index contributed by atoms with van der Waals surface area (Å²) in [6.45, 7) is 1.32. The maximum Gasteiger partial charge on any atom is 0.416 e. The number of ether oxygens (including phenoxy) is 1. The van der Waals surface area contributed by atoms with Crippen LogP contribution >= 0.6 is 0 Å². The summed E-state index contributed by atoms with van der Waals surface area (Å²) < 4.78 is 4.70. The fraction of sp³-hybridized carbons (Fsp3) is 0.727. The van der Waals surface area contributed by atoms with Crippen LogP contribution in [-0.4, -0.2) is 65.2 Å². The van der Waals surface area contributed by atoms with Gasteiger partial charge in [0.2, 0.25) is 5.91 Å². The Labute approximate surface area is 104 Å². The van der Waals surface area contributed by atoms with E-state index in [0.29, 0.717) is 6.54 Å². The van der Waals surface area contributed by atoms with Gasteiger partial charge in [-0.2, -0.15) is 0 Å². The van der Waals surface area contributed by atoms with E-state index in [1.807, 2.05) is 4.90 Å². The Hall–Kier alpha value is -1.63. The van der Waals surface area contributed by atoms with Crippen LogP contribution in [0.25, 0.3) is 0 Å². The number of hydrogen-bond acceptors (Lipinski definition) is 5. The van der Waals surface area contributed by atoms with E-state index in [1.165, 1.54) is 0 Å². The van der Waals surface area contributed by atoms with Gasteiger partial charge in [-0.15, -0.1) is 0 Å². The Morgan fingerprint density at radius 3 is 2.78 bits per heavy atom. The molecule has 7 nitrogen and oxygen atoms in total. The Kier molecular flexibility index (Phi) is 3.81. The second-order valence-corrected chi connectivity index (χ2v) is 4.52. The molecule has 0 radical (unpaired) electrons. The average molecular weight is 256 g/mol. The largest absolute Gasteiger partial charge is 0.481 e. The summed E-state index contributed by atoms with van der Waals surface area (Å²) in [7, 11) is 0.